The van der Waals surface area contributed by atoms with Gasteiger partial charge in [0.2, 0.25) is 0 Å². The first kappa shape index (κ1) is 23.3. The minimum absolute atomic E-state index is 0.0352. The summed E-state index contributed by atoms with van der Waals surface area (Å²) in [5, 5.41) is 12.5. The van der Waals surface area contributed by atoms with E-state index in [0.29, 0.717) is 30.9 Å². The Kier molecular flexibility index (Phi) is 7.38. The fourth-order valence-corrected chi connectivity index (χ4v) is 3.73. The molecule has 2 amide bonds. The van der Waals surface area contributed by atoms with Crippen LogP contribution in [0, 0.1) is 5.82 Å². The second-order valence-electron chi connectivity index (χ2n) is 9.07. The minimum Gasteiger partial charge on any atom is -0.444 e. The molecule has 1 aromatic carbocycles. The number of benzene rings is 1. The number of ether oxygens (including phenoxy) is 2. The van der Waals surface area contributed by atoms with E-state index < -0.39 is 23.6 Å². The van der Waals surface area contributed by atoms with Crippen molar-refractivity contribution >= 4 is 17.9 Å². The van der Waals surface area contributed by atoms with Crippen molar-refractivity contribution in [1.29, 1.82) is 0 Å². The van der Waals surface area contributed by atoms with Crippen molar-refractivity contribution in [2.75, 3.05) is 31.1 Å². The van der Waals surface area contributed by atoms with Gasteiger partial charge in [-0.1, -0.05) is 12.5 Å². The van der Waals surface area contributed by atoms with Gasteiger partial charge >= 0.3 is 12.2 Å². The number of likely N-dealkylation sites (tertiary alicyclic amines) is 1. The third-order valence-electron chi connectivity index (χ3n) is 5.33. The van der Waals surface area contributed by atoms with Crippen LogP contribution < -0.4 is 10.2 Å². The van der Waals surface area contributed by atoms with Crippen molar-refractivity contribution in [2.45, 2.75) is 64.3 Å². The van der Waals surface area contributed by atoms with E-state index in [1.165, 1.54) is 11.0 Å². The van der Waals surface area contributed by atoms with Gasteiger partial charge in [0.1, 0.15) is 17.5 Å². The van der Waals surface area contributed by atoms with Gasteiger partial charge in [-0.3, -0.25) is 4.90 Å². The number of hydrogen-bond donors (Lipinski definition) is 2. The van der Waals surface area contributed by atoms with Crippen molar-refractivity contribution in [2.24, 2.45) is 0 Å². The SMILES string of the molecule is CC(C)(C)OC(=O)N1CCCCC(NCc2ccc(N3CC(CO)OC3=O)cc2F)C1. The quantitative estimate of drug-likeness (QED) is 0.736. The molecule has 2 atom stereocenters. The summed E-state index contributed by atoms with van der Waals surface area (Å²) < 4.78 is 25.2. The highest BCUT2D eigenvalue weighted by molar-refractivity contribution is 5.89. The van der Waals surface area contributed by atoms with Crippen LogP contribution in [-0.4, -0.2) is 66.2 Å². The largest absolute Gasteiger partial charge is 0.444 e. The number of aliphatic hydroxyl groups is 1. The molecule has 3 rings (SSSR count). The maximum absolute atomic E-state index is 14.7. The predicted octanol–water partition coefficient (Wildman–Crippen LogP) is 3.02. The first-order chi connectivity index (χ1) is 14.7. The molecule has 9 heteroatoms. The molecular formula is C22H32FN3O5. The summed E-state index contributed by atoms with van der Waals surface area (Å²) in [6, 6.07) is 4.65. The zero-order valence-corrected chi connectivity index (χ0v) is 18.4. The van der Waals surface area contributed by atoms with E-state index in [-0.39, 0.29) is 25.3 Å². The number of carbonyl (C=O) groups excluding carboxylic acids is 2. The van der Waals surface area contributed by atoms with Crippen LogP contribution in [-0.2, 0) is 16.0 Å². The maximum Gasteiger partial charge on any atom is 0.414 e. The second-order valence-corrected chi connectivity index (χ2v) is 9.07. The number of nitrogens with zero attached hydrogens (tertiary/aromatic N) is 2. The summed E-state index contributed by atoms with van der Waals surface area (Å²) in [6.07, 6.45) is 1.25. The molecule has 2 heterocycles. The van der Waals surface area contributed by atoms with Gasteiger partial charge in [-0.25, -0.2) is 14.0 Å². The van der Waals surface area contributed by atoms with Crippen molar-refractivity contribution in [1.82, 2.24) is 10.2 Å². The molecule has 0 radical (unpaired) electrons. The van der Waals surface area contributed by atoms with E-state index in [1.807, 2.05) is 20.8 Å². The average Bonchev–Trinajstić information content (AvgIpc) is 2.91. The number of anilines is 1. The summed E-state index contributed by atoms with van der Waals surface area (Å²) in [5.41, 5.74) is 0.326. The van der Waals surface area contributed by atoms with E-state index in [1.54, 1.807) is 17.0 Å². The molecular weight excluding hydrogens is 405 g/mol. The number of rotatable bonds is 5. The molecule has 0 aliphatic carbocycles. The summed E-state index contributed by atoms with van der Waals surface area (Å²) in [5.74, 6) is -0.428. The molecule has 2 N–H and O–H groups in total. The van der Waals surface area contributed by atoms with Gasteiger partial charge in [0.25, 0.3) is 0 Å². The Bertz CT molecular complexity index is 798. The first-order valence-electron chi connectivity index (χ1n) is 10.7. The predicted molar refractivity (Wildman–Crippen MR) is 113 cm³/mol. The third-order valence-corrected chi connectivity index (χ3v) is 5.33. The van der Waals surface area contributed by atoms with Crippen LogP contribution >= 0.6 is 0 Å². The highest BCUT2D eigenvalue weighted by Gasteiger charge is 2.32. The Morgan fingerprint density at radius 2 is 2.10 bits per heavy atom. The van der Waals surface area contributed by atoms with E-state index in [9.17, 15) is 14.0 Å². The van der Waals surface area contributed by atoms with Crippen LogP contribution in [0.3, 0.4) is 0 Å². The van der Waals surface area contributed by atoms with Crippen molar-refractivity contribution in [3.05, 3.63) is 29.6 Å². The van der Waals surface area contributed by atoms with Crippen LogP contribution in [0.15, 0.2) is 18.2 Å². The third kappa shape index (κ3) is 6.30. The molecule has 2 fully saturated rings. The topological polar surface area (TPSA) is 91.3 Å². The summed E-state index contributed by atoms with van der Waals surface area (Å²) in [4.78, 5) is 27.4. The number of nitrogens with one attached hydrogen (secondary N) is 1. The van der Waals surface area contributed by atoms with Gasteiger partial charge in [0.05, 0.1) is 18.8 Å². The van der Waals surface area contributed by atoms with Crippen LogP contribution in [0.5, 0.6) is 0 Å². The van der Waals surface area contributed by atoms with Gasteiger partial charge < -0.3 is 24.8 Å². The lowest BCUT2D eigenvalue weighted by Gasteiger charge is -2.28. The lowest BCUT2D eigenvalue weighted by atomic mass is 10.1. The number of hydrogen-bond acceptors (Lipinski definition) is 6. The fraction of sp³-hybridized carbons (Fsp3) is 0.636. The lowest BCUT2D eigenvalue weighted by Crippen LogP contribution is -2.44. The first-order valence-corrected chi connectivity index (χ1v) is 10.7. The molecule has 8 nitrogen and oxygen atoms in total. The molecule has 31 heavy (non-hydrogen) atoms. The van der Waals surface area contributed by atoms with Gasteiger partial charge in [-0.2, -0.15) is 0 Å². The Balaban J connectivity index is 1.58. The zero-order valence-electron chi connectivity index (χ0n) is 18.4. The molecule has 0 saturated carbocycles. The van der Waals surface area contributed by atoms with Crippen LogP contribution in [0.1, 0.15) is 45.6 Å². The number of halogens is 1. The Labute approximate surface area is 182 Å². The number of cyclic esters (lactones) is 1. The molecule has 172 valence electrons. The van der Waals surface area contributed by atoms with Crippen molar-refractivity contribution in [3.8, 4) is 0 Å². The summed E-state index contributed by atoms with van der Waals surface area (Å²) in [6.45, 7) is 6.92. The van der Waals surface area contributed by atoms with Crippen molar-refractivity contribution < 1.29 is 28.6 Å². The molecule has 0 spiro atoms. The standard InChI is InChI=1S/C22H32FN3O5/c1-22(2,3)31-20(28)25-9-5-4-6-16(12-25)24-11-15-7-8-17(10-19(15)23)26-13-18(14-27)30-21(26)29/h7-8,10,16,18,24,27H,4-6,9,11-14H2,1-3H3. The van der Waals surface area contributed by atoms with E-state index >= 15 is 0 Å². The molecule has 2 unspecified atom stereocenters. The Morgan fingerprint density at radius 1 is 1.32 bits per heavy atom. The zero-order chi connectivity index (χ0) is 22.6. The smallest absolute Gasteiger partial charge is 0.414 e. The molecule has 2 aliphatic rings. The van der Waals surface area contributed by atoms with Crippen LogP contribution in [0.4, 0.5) is 19.7 Å². The number of aliphatic hydroxyl groups excluding tert-OH is 1. The van der Waals surface area contributed by atoms with E-state index in [0.717, 1.165) is 19.3 Å². The van der Waals surface area contributed by atoms with Gasteiger partial charge in [0.15, 0.2) is 0 Å². The Hall–Kier alpha value is -2.39. The summed E-state index contributed by atoms with van der Waals surface area (Å²) in [7, 11) is 0. The normalized spacial score (nSPS) is 22.3. The molecule has 2 aliphatic heterocycles. The number of carbonyl (C=O) groups is 2. The van der Waals surface area contributed by atoms with Gasteiger partial charge in [-0.15, -0.1) is 0 Å². The van der Waals surface area contributed by atoms with E-state index in [2.05, 4.69) is 5.32 Å². The average molecular weight is 438 g/mol. The molecule has 0 aromatic heterocycles. The van der Waals surface area contributed by atoms with Crippen LogP contribution in [0.25, 0.3) is 0 Å². The Morgan fingerprint density at radius 3 is 2.74 bits per heavy atom. The van der Waals surface area contributed by atoms with Gasteiger partial charge in [-0.05, 0) is 45.7 Å². The second kappa shape index (κ2) is 9.82. The maximum atomic E-state index is 14.7. The van der Waals surface area contributed by atoms with E-state index in [4.69, 9.17) is 14.6 Å². The summed E-state index contributed by atoms with van der Waals surface area (Å²) >= 11 is 0. The monoisotopic (exact) mass is 437 g/mol. The highest BCUT2D eigenvalue weighted by atomic mass is 19.1. The molecule has 2 saturated heterocycles. The fourth-order valence-electron chi connectivity index (χ4n) is 3.73. The van der Waals surface area contributed by atoms with Crippen molar-refractivity contribution in [3.63, 3.8) is 0 Å². The minimum atomic E-state index is -0.597. The molecule has 1 aromatic rings. The van der Waals surface area contributed by atoms with Crippen LogP contribution in [0.2, 0.25) is 0 Å². The highest BCUT2D eigenvalue weighted by Crippen LogP contribution is 2.24. The number of amides is 2. The lowest BCUT2D eigenvalue weighted by molar-refractivity contribution is 0.0243. The molecule has 0 bridgehead atoms. The van der Waals surface area contributed by atoms with Gasteiger partial charge in [0, 0.05) is 31.2 Å².